The second-order valence-electron chi connectivity index (χ2n) is 3.07. The zero-order chi connectivity index (χ0) is 10.8. The van der Waals surface area contributed by atoms with Gasteiger partial charge in [0, 0.05) is 11.9 Å². The van der Waals surface area contributed by atoms with Crippen molar-refractivity contribution in [3.05, 3.63) is 30.1 Å². The maximum Gasteiger partial charge on any atom is 0.341 e. The van der Waals surface area contributed by atoms with Crippen LogP contribution < -0.4 is 5.73 Å². The van der Waals surface area contributed by atoms with Crippen LogP contribution in [0.25, 0.3) is 5.52 Å². The van der Waals surface area contributed by atoms with Crippen molar-refractivity contribution >= 4 is 17.2 Å². The third kappa shape index (κ3) is 1.63. The number of nitrogens with two attached hydrogens (primary N) is 1. The number of anilines is 1. The second-order valence-corrected chi connectivity index (χ2v) is 3.07. The van der Waals surface area contributed by atoms with E-state index in [1.54, 1.807) is 29.8 Å². The molecular weight excluding hydrogens is 194 g/mol. The second kappa shape index (κ2) is 3.61. The molecule has 0 saturated heterocycles. The van der Waals surface area contributed by atoms with Crippen LogP contribution in [0.2, 0.25) is 0 Å². The zero-order valence-electron chi connectivity index (χ0n) is 8.30. The zero-order valence-corrected chi connectivity index (χ0v) is 8.30. The van der Waals surface area contributed by atoms with Crippen LogP contribution in [0.3, 0.4) is 0 Å². The summed E-state index contributed by atoms with van der Waals surface area (Å²) in [5.41, 5.74) is 7.32. The number of hydrogen-bond donors (Lipinski definition) is 1. The number of aromatic nitrogens is 2. The number of nitrogen functional groups attached to an aromatic ring is 1. The first-order chi connectivity index (χ1) is 7.22. The molecule has 15 heavy (non-hydrogen) atoms. The van der Waals surface area contributed by atoms with E-state index in [0.717, 1.165) is 0 Å². The topological polar surface area (TPSA) is 69.6 Å². The lowest BCUT2D eigenvalue weighted by molar-refractivity contribution is 0.0528. The summed E-state index contributed by atoms with van der Waals surface area (Å²) in [6, 6.07) is 3.41. The number of carbonyl (C=O) groups excluding carboxylic acids is 1. The summed E-state index contributed by atoms with van der Waals surface area (Å²) in [4.78, 5) is 11.5. The van der Waals surface area contributed by atoms with E-state index < -0.39 is 0 Å². The summed E-state index contributed by atoms with van der Waals surface area (Å²) in [5.74, 6) is -0.377. The quantitative estimate of drug-likeness (QED) is 0.745. The summed E-state index contributed by atoms with van der Waals surface area (Å²) in [6.07, 6.45) is 3.18. The minimum absolute atomic E-state index is 0.346. The van der Waals surface area contributed by atoms with Gasteiger partial charge in [0.2, 0.25) is 0 Å². The van der Waals surface area contributed by atoms with Gasteiger partial charge in [-0.2, -0.15) is 5.10 Å². The molecule has 78 valence electrons. The molecule has 0 aliphatic rings. The van der Waals surface area contributed by atoms with E-state index in [1.165, 1.54) is 6.20 Å². The van der Waals surface area contributed by atoms with E-state index in [9.17, 15) is 4.79 Å². The number of nitrogens with zero attached hydrogens (tertiary/aromatic N) is 2. The summed E-state index contributed by atoms with van der Waals surface area (Å²) >= 11 is 0. The molecule has 0 aromatic carbocycles. The molecule has 2 N–H and O–H groups in total. The van der Waals surface area contributed by atoms with Crippen molar-refractivity contribution in [2.24, 2.45) is 0 Å². The maximum absolute atomic E-state index is 11.5. The molecule has 5 nitrogen and oxygen atoms in total. The minimum Gasteiger partial charge on any atom is -0.462 e. The third-order valence-electron chi connectivity index (χ3n) is 2.04. The number of esters is 1. The molecule has 0 saturated carbocycles. The Morgan fingerprint density at radius 1 is 1.67 bits per heavy atom. The van der Waals surface area contributed by atoms with Gasteiger partial charge in [0.15, 0.2) is 0 Å². The van der Waals surface area contributed by atoms with Crippen molar-refractivity contribution < 1.29 is 9.53 Å². The molecule has 0 amide bonds. The van der Waals surface area contributed by atoms with Crippen LogP contribution in [-0.2, 0) is 4.74 Å². The summed E-state index contributed by atoms with van der Waals surface area (Å²) < 4.78 is 6.49. The van der Waals surface area contributed by atoms with Gasteiger partial charge >= 0.3 is 5.97 Å². The lowest BCUT2D eigenvalue weighted by Crippen LogP contribution is -2.04. The highest BCUT2D eigenvalue weighted by Gasteiger charge is 2.13. The lowest BCUT2D eigenvalue weighted by Gasteiger charge is -2.00. The van der Waals surface area contributed by atoms with Gasteiger partial charge in [0.1, 0.15) is 5.56 Å². The number of rotatable bonds is 2. The van der Waals surface area contributed by atoms with Crippen LogP contribution in [-0.4, -0.2) is 22.2 Å². The highest BCUT2D eigenvalue weighted by Crippen LogP contribution is 2.14. The first-order valence-electron chi connectivity index (χ1n) is 4.62. The predicted octanol–water partition coefficient (Wildman–Crippen LogP) is 1.09. The molecule has 5 heteroatoms. The number of hydrogen-bond acceptors (Lipinski definition) is 4. The highest BCUT2D eigenvalue weighted by molar-refractivity contribution is 5.97. The van der Waals surface area contributed by atoms with Crippen molar-refractivity contribution in [3.8, 4) is 0 Å². The van der Waals surface area contributed by atoms with E-state index in [0.29, 0.717) is 23.4 Å². The number of carbonyl (C=O) groups is 1. The Morgan fingerprint density at radius 2 is 2.47 bits per heavy atom. The van der Waals surface area contributed by atoms with Gasteiger partial charge in [-0.15, -0.1) is 0 Å². The third-order valence-corrected chi connectivity index (χ3v) is 2.04. The summed E-state index contributed by atoms with van der Waals surface area (Å²) in [7, 11) is 0. The Hall–Kier alpha value is -2.04. The van der Waals surface area contributed by atoms with Crippen molar-refractivity contribution in [3.63, 3.8) is 0 Å². The lowest BCUT2D eigenvalue weighted by atomic mass is 10.2. The van der Waals surface area contributed by atoms with Crippen LogP contribution in [0.4, 0.5) is 5.69 Å². The molecule has 2 rings (SSSR count). The molecule has 0 radical (unpaired) electrons. The van der Waals surface area contributed by atoms with Crippen molar-refractivity contribution in [1.29, 1.82) is 0 Å². The van der Waals surface area contributed by atoms with Gasteiger partial charge in [-0.25, -0.2) is 9.31 Å². The SMILES string of the molecule is CCOC(=O)c1cnn2ccc(N)cc12. The molecule has 0 spiro atoms. The van der Waals surface area contributed by atoms with Crippen LogP contribution in [0.15, 0.2) is 24.5 Å². The van der Waals surface area contributed by atoms with Gasteiger partial charge in [0.05, 0.1) is 18.3 Å². The van der Waals surface area contributed by atoms with Crippen molar-refractivity contribution in [1.82, 2.24) is 9.61 Å². The fourth-order valence-electron chi connectivity index (χ4n) is 1.36. The summed E-state index contributed by atoms with van der Waals surface area (Å²) in [6.45, 7) is 2.11. The first-order valence-corrected chi connectivity index (χ1v) is 4.62. The molecule has 0 atom stereocenters. The number of pyridine rings is 1. The van der Waals surface area contributed by atoms with E-state index in [1.807, 2.05) is 0 Å². The van der Waals surface area contributed by atoms with E-state index in [2.05, 4.69) is 5.10 Å². The first kappa shape index (κ1) is 9.51. The van der Waals surface area contributed by atoms with E-state index >= 15 is 0 Å². The normalized spacial score (nSPS) is 10.5. The Labute approximate surface area is 86.4 Å². The van der Waals surface area contributed by atoms with Gasteiger partial charge in [-0.3, -0.25) is 0 Å². The highest BCUT2D eigenvalue weighted by atomic mass is 16.5. The Balaban J connectivity index is 2.52. The average Bonchev–Trinajstić information content (AvgIpc) is 2.60. The van der Waals surface area contributed by atoms with Crippen molar-refractivity contribution in [2.45, 2.75) is 6.92 Å². The summed E-state index contributed by atoms with van der Waals surface area (Å²) in [5, 5.41) is 4.02. The van der Waals surface area contributed by atoms with Crippen LogP contribution in [0.1, 0.15) is 17.3 Å². The maximum atomic E-state index is 11.5. The smallest absolute Gasteiger partial charge is 0.341 e. The molecular formula is C10H11N3O2. The predicted molar refractivity (Wildman–Crippen MR) is 55.6 cm³/mol. The van der Waals surface area contributed by atoms with E-state index in [4.69, 9.17) is 10.5 Å². The minimum atomic E-state index is -0.377. The molecule has 2 aromatic rings. The van der Waals surface area contributed by atoms with Crippen LogP contribution >= 0.6 is 0 Å². The Morgan fingerprint density at radius 3 is 3.20 bits per heavy atom. The average molecular weight is 205 g/mol. The Kier molecular flexibility index (Phi) is 2.29. The monoisotopic (exact) mass is 205 g/mol. The molecule has 0 aliphatic carbocycles. The van der Waals surface area contributed by atoms with Gasteiger partial charge in [-0.05, 0) is 19.1 Å². The molecule has 2 heterocycles. The largest absolute Gasteiger partial charge is 0.462 e. The van der Waals surface area contributed by atoms with Gasteiger partial charge < -0.3 is 10.5 Å². The fraction of sp³-hybridized carbons (Fsp3) is 0.200. The van der Waals surface area contributed by atoms with Gasteiger partial charge in [-0.1, -0.05) is 0 Å². The molecule has 0 aliphatic heterocycles. The Bertz CT molecular complexity index is 504. The molecule has 0 fully saturated rings. The fourth-order valence-corrected chi connectivity index (χ4v) is 1.36. The molecule has 0 unspecified atom stereocenters. The van der Waals surface area contributed by atoms with Crippen molar-refractivity contribution in [2.75, 3.05) is 12.3 Å². The van der Waals surface area contributed by atoms with Crippen LogP contribution in [0.5, 0.6) is 0 Å². The molecule has 0 bridgehead atoms. The van der Waals surface area contributed by atoms with Gasteiger partial charge in [0.25, 0.3) is 0 Å². The number of fused-ring (bicyclic) bond motifs is 1. The number of ether oxygens (including phenoxy) is 1. The molecule has 2 aromatic heterocycles. The van der Waals surface area contributed by atoms with Crippen LogP contribution in [0, 0.1) is 0 Å². The standard InChI is InChI=1S/C10H11N3O2/c1-2-15-10(14)8-6-12-13-4-3-7(11)5-9(8)13/h3-6H,2,11H2,1H3. The van der Waals surface area contributed by atoms with E-state index in [-0.39, 0.29) is 5.97 Å².